The summed E-state index contributed by atoms with van der Waals surface area (Å²) >= 11 is 5.74. The Balaban J connectivity index is 2.67. The molecule has 1 heterocycles. The second-order valence-corrected chi connectivity index (χ2v) is 2.85. The molecule has 1 aromatic heterocycles. The lowest BCUT2D eigenvalue weighted by Gasteiger charge is -1.92. The standard InChI is InChI=1S/C9H8ClNO2/c1-12-9-11-8-6(5-10)3-2-4-7(8)13-9/h2-4H,5H2,1H3. The van der Waals surface area contributed by atoms with Crippen molar-refractivity contribution in [2.24, 2.45) is 0 Å². The Hall–Kier alpha value is -1.22. The molecule has 1 aromatic carbocycles. The lowest BCUT2D eigenvalue weighted by Crippen LogP contribution is -1.82. The molecule has 2 rings (SSSR count). The third kappa shape index (κ3) is 1.35. The number of fused-ring (bicyclic) bond motifs is 1. The molecule has 68 valence electrons. The van der Waals surface area contributed by atoms with Crippen LogP contribution in [0.25, 0.3) is 11.1 Å². The molecule has 4 heteroatoms. The van der Waals surface area contributed by atoms with E-state index in [0.717, 1.165) is 11.1 Å². The van der Waals surface area contributed by atoms with E-state index in [-0.39, 0.29) is 6.08 Å². The Morgan fingerprint density at radius 2 is 2.38 bits per heavy atom. The van der Waals surface area contributed by atoms with Gasteiger partial charge in [-0.1, -0.05) is 12.1 Å². The Morgan fingerprint density at radius 1 is 1.54 bits per heavy atom. The largest absolute Gasteiger partial charge is 0.453 e. The molecule has 0 aliphatic carbocycles. The molecule has 13 heavy (non-hydrogen) atoms. The van der Waals surface area contributed by atoms with E-state index < -0.39 is 0 Å². The van der Waals surface area contributed by atoms with Crippen molar-refractivity contribution in [3.8, 4) is 6.08 Å². The molecule has 2 aromatic rings. The van der Waals surface area contributed by atoms with Gasteiger partial charge in [-0.3, -0.25) is 0 Å². The smallest absolute Gasteiger partial charge is 0.394 e. The van der Waals surface area contributed by atoms with Crippen LogP contribution in [0.3, 0.4) is 0 Å². The van der Waals surface area contributed by atoms with Gasteiger partial charge < -0.3 is 9.15 Å². The fourth-order valence-electron chi connectivity index (χ4n) is 1.18. The average molecular weight is 198 g/mol. The van der Waals surface area contributed by atoms with Crippen LogP contribution in [0.1, 0.15) is 5.56 Å². The first-order valence-electron chi connectivity index (χ1n) is 3.83. The minimum absolute atomic E-state index is 0.271. The van der Waals surface area contributed by atoms with Crippen molar-refractivity contribution in [1.29, 1.82) is 0 Å². The first-order chi connectivity index (χ1) is 6.35. The van der Waals surface area contributed by atoms with Crippen LogP contribution in [0.5, 0.6) is 6.08 Å². The Bertz CT molecular complexity index is 424. The van der Waals surface area contributed by atoms with Gasteiger partial charge in [0.05, 0.1) is 7.11 Å². The zero-order chi connectivity index (χ0) is 9.26. The van der Waals surface area contributed by atoms with Crippen LogP contribution in [0.15, 0.2) is 22.6 Å². The van der Waals surface area contributed by atoms with Gasteiger partial charge in [0.15, 0.2) is 5.58 Å². The summed E-state index contributed by atoms with van der Waals surface area (Å²) in [6.07, 6.45) is 0.271. The highest BCUT2D eigenvalue weighted by molar-refractivity contribution is 6.17. The predicted octanol–water partition coefficient (Wildman–Crippen LogP) is 2.58. The molecular weight excluding hydrogens is 190 g/mol. The summed E-state index contributed by atoms with van der Waals surface area (Å²) < 4.78 is 10.1. The third-order valence-corrected chi connectivity index (χ3v) is 2.09. The summed E-state index contributed by atoms with van der Waals surface area (Å²) in [5, 5.41) is 0. The Morgan fingerprint density at radius 3 is 3.08 bits per heavy atom. The monoisotopic (exact) mass is 197 g/mol. The number of rotatable bonds is 2. The lowest BCUT2D eigenvalue weighted by molar-refractivity contribution is 0.299. The van der Waals surface area contributed by atoms with Gasteiger partial charge in [0.2, 0.25) is 0 Å². The number of nitrogens with zero attached hydrogens (tertiary/aromatic N) is 1. The number of hydrogen-bond donors (Lipinski definition) is 0. The normalized spacial score (nSPS) is 10.6. The highest BCUT2D eigenvalue weighted by Crippen LogP contribution is 2.24. The van der Waals surface area contributed by atoms with Crippen molar-refractivity contribution in [3.05, 3.63) is 23.8 Å². The topological polar surface area (TPSA) is 35.3 Å². The molecule has 0 fully saturated rings. The molecular formula is C9H8ClNO2. The van der Waals surface area contributed by atoms with E-state index in [0.29, 0.717) is 11.5 Å². The number of benzene rings is 1. The van der Waals surface area contributed by atoms with E-state index >= 15 is 0 Å². The SMILES string of the molecule is COc1nc2c(CCl)cccc2o1. The number of halogens is 1. The molecule has 0 amide bonds. The number of aromatic nitrogens is 1. The molecule has 0 saturated heterocycles. The summed E-state index contributed by atoms with van der Waals surface area (Å²) in [5.41, 5.74) is 2.43. The highest BCUT2D eigenvalue weighted by atomic mass is 35.5. The molecule has 0 atom stereocenters. The molecule has 0 unspecified atom stereocenters. The van der Waals surface area contributed by atoms with E-state index in [9.17, 15) is 0 Å². The van der Waals surface area contributed by atoms with Crippen molar-refractivity contribution >= 4 is 22.7 Å². The second kappa shape index (κ2) is 3.26. The molecule has 0 radical (unpaired) electrons. The second-order valence-electron chi connectivity index (χ2n) is 2.58. The van der Waals surface area contributed by atoms with Crippen LogP contribution in [0.4, 0.5) is 0 Å². The average Bonchev–Trinajstić information content (AvgIpc) is 2.59. The fraction of sp³-hybridized carbons (Fsp3) is 0.222. The van der Waals surface area contributed by atoms with E-state index in [1.165, 1.54) is 7.11 Å². The number of hydrogen-bond acceptors (Lipinski definition) is 3. The van der Waals surface area contributed by atoms with E-state index in [4.69, 9.17) is 20.8 Å². The maximum absolute atomic E-state index is 5.74. The minimum Gasteiger partial charge on any atom is -0.453 e. The maximum atomic E-state index is 5.74. The summed E-state index contributed by atoms with van der Waals surface area (Å²) in [4.78, 5) is 4.13. The quantitative estimate of drug-likeness (QED) is 0.695. The van der Waals surface area contributed by atoms with Crippen LogP contribution in [-0.2, 0) is 5.88 Å². The van der Waals surface area contributed by atoms with Crippen LogP contribution in [0.2, 0.25) is 0 Å². The predicted molar refractivity (Wildman–Crippen MR) is 50.1 cm³/mol. The fourth-order valence-corrected chi connectivity index (χ4v) is 1.40. The minimum atomic E-state index is 0.271. The van der Waals surface area contributed by atoms with Gasteiger partial charge >= 0.3 is 6.08 Å². The van der Waals surface area contributed by atoms with Crippen molar-refractivity contribution in [2.75, 3.05) is 7.11 Å². The van der Waals surface area contributed by atoms with Crippen molar-refractivity contribution in [3.63, 3.8) is 0 Å². The molecule has 0 saturated carbocycles. The molecule has 3 nitrogen and oxygen atoms in total. The van der Waals surface area contributed by atoms with Crippen molar-refractivity contribution in [2.45, 2.75) is 5.88 Å². The zero-order valence-corrected chi connectivity index (χ0v) is 7.84. The summed E-state index contributed by atoms with van der Waals surface area (Å²) in [5.74, 6) is 0.424. The van der Waals surface area contributed by atoms with Gasteiger partial charge in [0, 0.05) is 5.88 Å². The molecule has 0 aliphatic heterocycles. The van der Waals surface area contributed by atoms with Crippen molar-refractivity contribution in [1.82, 2.24) is 4.98 Å². The van der Waals surface area contributed by atoms with Gasteiger partial charge in [0.1, 0.15) is 5.52 Å². The van der Waals surface area contributed by atoms with Crippen LogP contribution in [0, 0.1) is 0 Å². The molecule has 0 spiro atoms. The number of para-hydroxylation sites is 1. The summed E-state index contributed by atoms with van der Waals surface area (Å²) in [7, 11) is 1.52. The van der Waals surface area contributed by atoms with Gasteiger partial charge in [-0.05, 0) is 11.6 Å². The van der Waals surface area contributed by atoms with Gasteiger partial charge in [-0.2, -0.15) is 4.98 Å². The van der Waals surface area contributed by atoms with Crippen molar-refractivity contribution < 1.29 is 9.15 Å². The maximum Gasteiger partial charge on any atom is 0.394 e. The van der Waals surface area contributed by atoms with E-state index in [1.807, 2.05) is 18.2 Å². The summed E-state index contributed by atoms with van der Waals surface area (Å²) in [6, 6.07) is 5.63. The number of ether oxygens (including phenoxy) is 1. The molecule has 0 N–H and O–H groups in total. The third-order valence-electron chi connectivity index (χ3n) is 1.80. The Labute approximate surface area is 80.3 Å². The number of oxazole rings is 1. The molecule has 0 bridgehead atoms. The van der Waals surface area contributed by atoms with Crippen LogP contribution >= 0.6 is 11.6 Å². The van der Waals surface area contributed by atoms with Gasteiger partial charge in [0.25, 0.3) is 0 Å². The first kappa shape index (κ1) is 8.38. The molecule has 0 aliphatic rings. The van der Waals surface area contributed by atoms with E-state index in [1.54, 1.807) is 0 Å². The number of methoxy groups -OCH3 is 1. The van der Waals surface area contributed by atoms with Gasteiger partial charge in [-0.15, -0.1) is 11.6 Å². The number of alkyl halides is 1. The van der Waals surface area contributed by atoms with E-state index in [2.05, 4.69) is 4.98 Å². The van der Waals surface area contributed by atoms with Crippen LogP contribution < -0.4 is 4.74 Å². The zero-order valence-electron chi connectivity index (χ0n) is 7.08. The van der Waals surface area contributed by atoms with Gasteiger partial charge in [-0.25, -0.2) is 0 Å². The summed E-state index contributed by atoms with van der Waals surface area (Å²) in [6.45, 7) is 0. The highest BCUT2D eigenvalue weighted by Gasteiger charge is 2.08. The first-order valence-corrected chi connectivity index (χ1v) is 4.37. The van der Waals surface area contributed by atoms with Crippen LogP contribution in [-0.4, -0.2) is 12.1 Å². The Kier molecular flexibility index (Phi) is 2.10. The lowest BCUT2D eigenvalue weighted by atomic mass is 10.2.